The topological polar surface area (TPSA) is 37.4 Å². The highest BCUT2D eigenvalue weighted by Crippen LogP contribution is 2.46. The van der Waals surface area contributed by atoms with Crippen LogP contribution in [-0.4, -0.2) is 23.8 Å². The maximum Gasteiger partial charge on any atom is 0.233 e. The normalized spacial score (nSPS) is 42.4. The van der Waals surface area contributed by atoms with Gasteiger partial charge < -0.3 is 0 Å². The van der Waals surface area contributed by atoms with Crippen molar-refractivity contribution in [2.24, 2.45) is 17.8 Å². The summed E-state index contributed by atoms with van der Waals surface area (Å²) >= 11 is 0. The number of carbonyl (C=O) groups excluding carboxylic acids is 2. The number of amides is 2. The van der Waals surface area contributed by atoms with Crippen LogP contribution in [0, 0.1) is 17.8 Å². The molecule has 1 heterocycles. The predicted molar refractivity (Wildman–Crippen MR) is 38.5 cm³/mol. The monoisotopic (exact) mass is 153 g/mol. The summed E-state index contributed by atoms with van der Waals surface area (Å²) in [6.45, 7) is 2.03. The van der Waals surface area contributed by atoms with E-state index in [1.54, 1.807) is 7.05 Å². The smallest absolute Gasteiger partial charge is 0.233 e. The lowest BCUT2D eigenvalue weighted by Gasteiger charge is -2.33. The van der Waals surface area contributed by atoms with Crippen LogP contribution in [0.5, 0.6) is 0 Å². The van der Waals surface area contributed by atoms with Crippen LogP contribution in [0.2, 0.25) is 0 Å². The minimum absolute atomic E-state index is 0.0208. The van der Waals surface area contributed by atoms with Gasteiger partial charge in [0.15, 0.2) is 0 Å². The van der Waals surface area contributed by atoms with Gasteiger partial charge in [0.25, 0.3) is 0 Å². The molecule has 1 saturated heterocycles. The van der Waals surface area contributed by atoms with E-state index in [9.17, 15) is 9.59 Å². The molecule has 1 aliphatic heterocycles. The van der Waals surface area contributed by atoms with E-state index in [-0.39, 0.29) is 23.7 Å². The fourth-order valence-electron chi connectivity index (χ4n) is 2.15. The summed E-state index contributed by atoms with van der Waals surface area (Å²) in [6.07, 6.45) is 0.902. The van der Waals surface area contributed by atoms with Crippen molar-refractivity contribution in [3.63, 3.8) is 0 Å². The Hall–Kier alpha value is -0.860. The SMILES string of the molecule is CC1CC2C(=O)N(C)C(=O)C12. The van der Waals surface area contributed by atoms with Gasteiger partial charge in [0.2, 0.25) is 11.8 Å². The molecule has 0 aromatic heterocycles. The fourth-order valence-corrected chi connectivity index (χ4v) is 2.15. The Bertz CT molecular complexity index is 236. The molecule has 0 aromatic carbocycles. The molecule has 0 radical (unpaired) electrons. The molecule has 2 rings (SSSR count). The van der Waals surface area contributed by atoms with E-state index in [1.807, 2.05) is 6.92 Å². The standard InChI is InChI=1S/C8H11NO2/c1-4-3-5-6(4)8(11)9(2)7(5)10/h4-6H,3H2,1-2H3. The molecule has 3 nitrogen and oxygen atoms in total. The van der Waals surface area contributed by atoms with Crippen molar-refractivity contribution in [2.75, 3.05) is 7.05 Å². The van der Waals surface area contributed by atoms with E-state index in [0.717, 1.165) is 6.42 Å². The number of likely N-dealkylation sites (tertiary alicyclic amines) is 1. The third-order valence-corrected chi connectivity index (χ3v) is 2.94. The van der Waals surface area contributed by atoms with Crippen LogP contribution in [0.4, 0.5) is 0 Å². The molecule has 2 aliphatic rings. The van der Waals surface area contributed by atoms with Gasteiger partial charge in [-0.2, -0.15) is 0 Å². The van der Waals surface area contributed by atoms with Crippen molar-refractivity contribution >= 4 is 11.8 Å². The van der Waals surface area contributed by atoms with E-state index >= 15 is 0 Å². The molecule has 0 aromatic rings. The Labute approximate surface area is 65.4 Å². The van der Waals surface area contributed by atoms with Crippen molar-refractivity contribution < 1.29 is 9.59 Å². The van der Waals surface area contributed by atoms with Gasteiger partial charge >= 0.3 is 0 Å². The maximum atomic E-state index is 11.3. The molecule has 2 fully saturated rings. The molecular weight excluding hydrogens is 142 g/mol. The van der Waals surface area contributed by atoms with Crippen molar-refractivity contribution in [3.8, 4) is 0 Å². The Balaban J connectivity index is 2.28. The molecule has 3 atom stereocenters. The average molecular weight is 153 g/mol. The largest absolute Gasteiger partial charge is 0.285 e. The first-order valence-electron chi connectivity index (χ1n) is 3.94. The van der Waals surface area contributed by atoms with Crippen LogP contribution in [0.15, 0.2) is 0 Å². The van der Waals surface area contributed by atoms with Gasteiger partial charge in [-0.05, 0) is 12.3 Å². The van der Waals surface area contributed by atoms with Crippen LogP contribution in [-0.2, 0) is 9.59 Å². The van der Waals surface area contributed by atoms with E-state index in [4.69, 9.17) is 0 Å². The Morgan fingerprint density at radius 3 is 2.36 bits per heavy atom. The van der Waals surface area contributed by atoms with Crippen LogP contribution >= 0.6 is 0 Å². The van der Waals surface area contributed by atoms with Crippen LogP contribution in [0.3, 0.4) is 0 Å². The Morgan fingerprint density at radius 2 is 2.00 bits per heavy atom. The van der Waals surface area contributed by atoms with Gasteiger partial charge in [0.1, 0.15) is 0 Å². The molecule has 1 aliphatic carbocycles. The van der Waals surface area contributed by atoms with E-state index in [1.165, 1.54) is 4.90 Å². The third kappa shape index (κ3) is 0.633. The van der Waals surface area contributed by atoms with E-state index in [0.29, 0.717) is 5.92 Å². The summed E-state index contributed by atoms with van der Waals surface area (Å²) in [5, 5.41) is 0. The second kappa shape index (κ2) is 1.84. The summed E-state index contributed by atoms with van der Waals surface area (Å²) in [4.78, 5) is 23.8. The van der Waals surface area contributed by atoms with Crippen molar-refractivity contribution in [3.05, 3.63) is 0 Å². The lowest BCUT2D eigenvalue weighted by Crippen LogP contribution is -2.36. The van der Waals surface area contributed by atoms with Crippen LogP contribution in [0.25, 0.3) is 0 Å². The molecule has 0 spiro atoms. The molecular formula is C8H11NO2. The number of nitrogens with zero attached hydrogens (tertiary/aromatic N) is 1. The number of hydrogen-bond donors (Lipinski definition) is 0. The number of rotatable bonds is 0. The summed E-state index contributed by atoms with van der Waals surface area (Å²) in [5.41, 5.74) is 0. The van der Waals surface area contributed by atoms with Crippen molar-refractivity contribution in [1.29, 1.82) is 0 Å². The molecule has 3 heteroatoms. The zero-order valence-electron chi connectivity index (χ0n) is 6.70. The zero-order chi connectivity index (χ0) is 8.17. The molecule has 1 saturated carbocycles. The first-order valence-corrected chi connectivity index (χ1v) is 3.94. The first kappa shape index (κ1) is 6.83. The van der Waals surface area contributed by atoms with Gasteiger partial charge in [-0.3, -0.25) is 14.5 Å². The second-order valence-electron chi connectivity index (χ2n) is 3.58. The van der Waals surface area contributed by atoms with Gasteiger partial charge in [0.05, 0.1) is 11.8 Å². The summed E-state index contributed by atoms with van der Waals surface area (Å²) in [6, 6.07) is 0. The minimum Gasteiger partial charge on any atom is -0.285 e. The van der Waals surface area contributed by atoms with Gasteiger partial charge in [-0.15, -0.1) is 0 Å². The molecule has 11 heavy (non-hydrogen) atoms. The van der Waals surface area contributed by atoms with Crippen LogP contribution < -0.4 is 0 Å². The van der Waals surface area contributed by atoms with Crippen molar-refractivity contribution in [1.82, 2.24) is 4.90 Å². The number of hydrogen-bond acceptors (Lipinski definition) is 2. The van der Waals surface area contributed by atoms with Crippen molar-refractivity contribution in [2.45, 2.75) is 13.3 Å². The fraction of sp³-hybridized carbons (Fsp3) is 0.750. The molecule has 0 bridgehead atoms. The van der Waals surface area contributed by atoms with E-state index < -0.39 is 0 Å². The lowest BCUT2D eigenvalue weighted by molar-refractivity contribution is -0.137. The number of carbonyl (C=O) groups is 2. The molecule has 2 amide bonds. The minimum atomic E-state index is 0.0208. The summed E-state index contributed by atoms with van der Waals surface area (Å²) < 4.78 is 0. The summed E-state index contributed by atoms with van der Waals surface area (Å²) in [7, 11) is 1.58. The van der Waals surface area contributed by atoms with Gasteiger partial charge in [-0.1, -0.05) is 6.92 Å². The molecule has 60 valence electrons. The predicted octanol–water partition coefficient (Wildman–Crippen LogP) is 0.257. The molecule has 3 unspecified atom stereocenters. The van der Waals surface area contributed by atoms with Gasteiger partial charge in [0, 0.05) is 7.05 Å². The highest BCUT2D eigenvalue weighted by atomic mass is 16.2. The van der Waals surface area contributed by atoms with Gasteiger partial charge in [-0.25, -0.2) is 0 Å². The summed E-state index contributed by atoms with van der Waals surface area (Å²) in [5.74, 6) is 0.522. The third-order valence-electron chi connectivity index (χ3n) is 2.94. The quantitative estimate of drug-likeness (QED) is 0.468. The number of imide groups is 1. The van der Waals surface area contributed by atoms with Crippen LogP contribution in [0.1, 0.15) is 13.3 Å². The lowest BCUT2D eigenvalue weighted by atomic mass is 9.67. The number of fused-ring (bicyclic) bond motifs is 1. The van der Waals surface area contributed by atoms with E-state index in [2.05, 4.69) is 0 Å². The molecule has 0 N–H and O–H groups in total. The Kier molecular flexibility index (Phi) is 1.14. The first-order chi connectivity index (χ1) is 5.13. The Morgan fingerprint density at radius 1 is 1.36 bits per heavy atom. The average Bonchev–Trinajstić information content (AvgIpc) is 2.10. The maximum absolute atomic E-state index is 11.3. The zero-order valence-corrected chi connectivity index (χ0v) is 6.70. The highest BCUT2D eigenvalue weighted by Gasteiger charge is 2.55. The second-order valence-corrected chi connectivity index (χ2v) is 3.58. The highest BCUT2D eigenvalue weighted by molar-refractivity contribution is 6.06.